The summed E-state index contributed by atoms with van der Waals surface area (Å²) in [7, 11) is 0. The number of carbonyl (C=O) groups is 1. The summed E-state index contributed by atoms with van der Waals surface area (Å²) in [4.78, 5) is 12.0. The minimum absolute atomic E-state index is 0.0300. The fraction of sp³-hybridized carbons (Fsp3) is 0.263. The first kappa shape index (κ1) is 15.2. The van der Waals surface area contributed by atoms with Crippen LogP contribution in [0.25, 0.3) is 0 Å². The van der Waals surface area contributed by atoms with E-state index in [1.165, 1.54) is 12.5 Å². The van der Waals surface area contributed by atoms with Crippen LogP contribution in [0.3, 0.4) is 0 Å². The van der Waals surface area contributed by atoms with Gasteiger partial charge in [-0.25, -0.2) is 5.01 Å². The van der Waals surface area contributed by atoms with Crippen LogP contribution in [0.2, 0.25) is 5.02 Å². The van der Waals surface area contributed by atoms with E-state index in [1.807, 2.05) is 12.1 Å². The van der Waals surface area contributed by atoms with E-state index in [-0.39, 0.29) is 11.8 Å². The number of hydrogen-bond donors (Lipinski definition) is 0. The molecular weight excluding hydrogens is 324 g/mol. The highest BCUT2D eigenvalue weighted by Gasteiger charge is 2.42. The fourth-order valence-electron chi connectivity index (χ4n) is 3.25. The molecule has 0 bridgehead atoms. The lowest BCUT2D eigenvalue weighted by Crippen LogP contribution is -2.44. The Kier molecular flexibility index (Phi) is 3.57. The van der Waals surface area contributed by atoms with Gasteiger partial charge in [-0.2, -0.15) is 5.10 Å². The standard InChI is InChI=1S/C19H17ClN2O2/c1-11-3-5-13(6-4-11)16-10-17-15-9-14(20)7-8-18(15)24-19(12(2)23)22(17)21-16/h3-9,17,19H,10H2,1-2H3. The number of fused-ring (bicyclic) bond motifs is 3. The zero-order valence-electron chi connectivity index (χ0n) is 13.5. The molecule has 0 radical (unpaired) electrons. The predicted octanol–water partition coefficient (Wildman–Crippen LogP) is 4.11. The topological polar surface area (TPSA) is 41.9 Å². The second-order valence-electron chi connectivity index (χ2n) is 6.28. The average molecular weight is 341 g/mol. The van der Waals surface area contributed by atoms with Crippen LogP contribution in [0.5, 0.6) is 5.75 Å². The average Bonchev–Trinajstić information content (AvgIpc) is 3.00. The molecule has 2 atom stereocenters. The van der Waals surface area contributed by atoms with Crippen LogP contribution in [0, 0.1) is 6.92 Å². The number of nitrogens with zero attached hydrogens (tertiary/aromatic N) is 2. The van der Waals surface area contributed by atoms with Crippen LogP contribution < -0.4 is 4.74 Å². The van der Waals surface area contributed by atoms with Gasteiger partial charge < -0.3 is 4.74 Å². The van der Waals surface area contributed by atoms with E-state index in [9.17, 15) is 4.79 Å². The van der Waals surface area contributed by atoms with Crippen molar-refractivity contribution in [2.75, 3.05) is 0 Å². The number of ether oxygens (including phenoxy) is 1. The van der Waals surface area contributed by atoms with Gasteiger partial charge >= 0.3 is 0 Å². The quantitative estimate of drug-likeness (QED) is 0.826. The van der Waals surface area contributed by atoms with Crippen molar-refractivity contribution in [1.82, 2.24) is 5.01 Å². The molecule has 0 saturated carbocycles. The molecule has 4 rings (SSSR count). The van der Waals surface area contributed by atoms with Crippen molar-refractivity contribution in [3.05, 3.63) is 64.2 Å². The van der Waals surface area contributed by atoms with Gasteiger partial charge in [0.15, 0.2) is 5.78 Å². The Morgan fingerprint density at radius 2 is 2.00 bits per heavy atom. The number of carbonyl (C=O) groups excluding carboxylic acids is 1. The van der Waals surface area contributed by atoms with Gasteiger partial charge in [0.05, 0.1) is 11.8 Å². The monoisotopic (exact) mass is 340 g/mol. The maximum atomic E-state index is 12.0. The maximum absolute atomic E-state index is 12.0. The molecule has 0 aromatic heterocycles. The summed E-state index contributed by atoms with van der Waals surface area (Å²) in [6.45, 7) is 3.59. The lowest BCUT2D eigenvalue weighted by Gasteiger charge is -2.36. The molecule has 2 heterocycles. The van der Waals surface area contributed by atoms with Crippen molar-refractivity contribution in [2.24, 2.45) is 5.10 Å². The SMILES string of the molecule is CC(=O)C1Oc2ccc(Cl)cc2C2CC(c3ccc(C)cc3)=NN12. The first-order valence-corrected chi connectivity index (χ1v) is 8.30. The minimum Gasteiger partial charge on any atom is -0.461 e. The first-order valence-electron chi connectivity index (χ1n) is 7.92. The number of Topliss-reactive ketones (excluding diaryl/α,β-unsaturated/α-hetero) is 1. The van der Waals surface area contributed by atoms with Gasteiger partial charge in [-0.1, -0.05) is 41.4 Å². The molecule has 2 unspecified atom stereocenters. The second-order valence-corrected chi connectivity index (χ2v) is 6.71. The molecule has 2 aliphatic heterocycles. The Morgan fingerprint density at radius 3 is 2.71 bits per heavy atom. The lowest BCUT2D eigenvalue weighted by molar-refractivity contribution is -0.135. The van der Waals surface area contributed by atoms with Crippen LogP contribution in [-0.4, -0.2) is 22.7 Å². The van der Waals surface area contributed by atoms with Crippen LogP contribution in [0.1, 0.15) is 36.1 Å². The van der Waals surface area contributed by atoms with E-state index < -0.39 is 6.23 Å². The van der Waals surface area contributed by atoms with E-state index in [1.54, 1.807) is 11.1 Å². The third-order valence-electron chi connectivity index (χ3n) is 4.48. The molecule has 2 aliphatic rings. The molecular formula is C19H17ClN2O2. The summed E-state index contributed by atoms with van der Waals surface area (Å²) in [5, 5.41) is 7.13. The molecule has 2 aromatic rings. The molecule has 24 heavy (non-hydrogen) atoms. The maximum Gasteiger partial charge on any atom is 0.246 e. The minimum atomic E-state index is -0.688. The number of rotatable bonds is 2. The van der Waals surface area contributed by atoms with Crippen molar-refractivity contribution in [3.63, 3.8) is 0 Å². The molecule has 0 fully saturated rings. The molecule has 0 amide bonds. The Hall–Kier alpha value is -2.33. The fourth-order valence-corrected chi connectivity index (χ4v) is 3.43. The van der Waals surface area contributed by atoms with Crippen LogP contribution >= 0.6 is 11.6 Å². The Bertz CT molecular complexity index is 845. The lowest BCUT2D eigenvalue weighted by atomic mass is 9.96. The number of benzene rings is 2. The number of hydrogen-bond acceptors (Lipinski definition) is 4. The van der Waals surface area contributed by atoms with Gasteiger partial charge in [-0.15, -0.1) is 0 Å². The van der Waals surface area contributed by atoms with Gasteiger partial charge in [0.1, 0.15) is 5.75 Å². The number of halogens is 1. The molecule has 0 N–H and O–H groups in total. The molecule has 0 aliphatic carbocycles. The third kappa shape index (κ3) is 2.47. The van der Waals surface area contributed by atoms with Crippen molar-refractivity contribution < 1.29 is 9.53 Å². The van der Waals surface area contributed by atoms with Gasteiger partial charge in [-0.3, -0.25) is 4.79 Å². The summed E-state index contributed by atoms with van der Waals surface area (Å²) in [6, 6.07) is 13.7. The van der Waals surface area contributed by atoms with Gasteiger partial charge in [0, 0.05) is 23.9 Å². The van der Waals surface area contributed by atoms with Crippen LogP contribution in [-0.2, 0) is 4.79 Å². The van der Waals surface area contributed by atoms with Crippen molar-refractivity contribution in [2.45, 2.75) is 32.5 Å². The zero-order valence-corrected chi connectivity index (χ0v) is 14.2. The largest absolute Gasteiger partial charge is 0.461 e. The van der Waals surface area contributed by atoms with Crippen molar-refractivity contribution >= 4 is 23.1 Å². The van der Waals surface area contributed by atoms with Crippen molar-refractivity contribution in [3.8, 4) is 5.75 Å². The summed E-state index contributed by atoms with van der Waals surface area (Å²) < 4.78 is 5.88. The zero-order chi connectivity index (χ0) is 16.8. The smallest absolute Gasteiger partial charge is 0.246 e. The summed E-state index contributed by atoms with van der Waals surface area (Å²) >= 11 is 6.16. The van der Waals surface area contributed by atoms with E-state index in [4.69, 9.17) is 21.4 Å². The van der Waals surface area contributed by atoms with Gasteiger partial charge in [0.2, 0.25) is 6.23 Å². The van der Waals surface area contributed by atoms with E-state index in [0.717, 1.165) is 23.3 Å². The summed E-state index contributed by atoms with van der Waals surface area (Å²) in [5.41, 5.74) is 4.21. The van der Waals surface area contributed by atoms with E-state index >= 15 is 0 Å². The number of ketones is 1. The van der Waals surface area contributed by atoms with Crippen LogP contribution in [0.15, 0.2) is 47.6 Å². The highest BCUT2D eigenvalue weighted by atomic mass is 35.5. The summed E-state index contributed by atoms with van der Waals surface area (Å²) in [5.74, 6) is 0.649. The highest BCUT2D eigenvalue weighted by molar-refractivity contribution is 6.30. The normalized spacial score (nSPS) is 21.6. The molecule has 0 saturated heterocycles. The number of aryl methyl sites for hydroxylation is 1. The molecule has 0 spiro atoms. The second kappa shape index (κ2) is 5.64. The van der Waals surface area contributed by atoms with Gasteiger partial charge in [-0.05, 0) is 30.7 Å². The molecule has 5 heteroatoms. The van der Waals surface area contributed by atoms with Crippen LogP contribution in [0.4, 0.5) is 0 Å². The molecule has 122 valence electrons. The van der Waals surface area contributed by atoms with E-state index in [2.05, 4.69) is 31.2 Å². The van der Waals surface area contributed by atoms with Gasteiger partial charge in [0.25, 0.3) is 0 Å². The van der Waals surface area contributed by atoms with Crippen molar-refractivity contribution in [1.29, 1.82) is 0 Å². The Labute approximate surface area is 145 Å². The predicted molar refractivity (Wildman–Crippen MR) is 93.5 cm³/mol. The molecule has 4 nitrogen and oxygen atoms in total. The highest BCUT2D eigenvalue weighted by Crippen LogP contribution is 2.44. The molecule has 2 aromatic carbocycles. The Balaban J connectivity index is 1.76. The summed E-state index contributed by atoms with van der Waals surface area (Å²) in [6.07, 6.45) is 0.0374. The van der Waals surface area contributed by atoms with E-state index in [0.29, 0.717) is 10.8 Å². The Morgan fingerprint density at radius 1 is 1.25 bits per heavy atom. The third-order valence-corrected chi connectivity index (χ3v) is 4.72. The number of hydrazone groups is 1. The first-order chi connectivity index (χ1) is 11.5.